The van der Waals surface area contributed by atoms with Gasteiger partial charge >= 0.3 is 0 Å². The smallest absolute Gasteiger partial charge is 0.184 e. The number of hydrogen-bond donors (Lipinski definition) is 2. The lowest BCUT2D eigenvalue weighted by Gasteiger charge is -2.11. The normalized spacial score (nSPS) is 11.2. The number of nitrogens with zero attached hydrogens (tertiary/aromatic N) is 2. The Bertz CT molecular complexity index is 962. The number of nitrogens with two attached hydrogens (primary N) is 1. The number of nitrogens with one attached hydrogen (secondary N) is 1. The Morgan fingerprint density at radius 1 is 1.27 bits per heavy atom. The standard InChI is InChI=1S/C20H22N4OS/c1-14-7-8-19(15(2)11-14)25-10-9-24-13-16(12-22-23-20(21)26)17-5-3-4-6-18(17)24/h3-8,11-13H,9-10H2,1-2H3,(H3,21,23,26)/b22-12-. The second kappa shape index (κ2) is 8.01. The van der Waals surface area contributed by atoms with E-state index in [0.29, 0.717) is 6.61 Å². The van der Waals surface area contributed by atoms with Crippen molar-refractivity contribution in [2.45, 2.75) is 20.4 Å². The Hall–Kier alpha value is -2.86. The summed E-state index contributed by atoms with van der Waals surface area (Å²) in [7, 11) is 0. The molecule has 0 bridgehead atoms. The largest absolute Gasteiger partial charge is 0.491 e. The summed E-state index contributed by atoms with van der Waals surface area (Å²) >= 11 is 4.77. The van der Waals surface area contributed by atoms with Crippen molar-refractivity contribution < 1.29 is 4.74 Å². The molecule has 0 atom stereocenters. The Labute approximate surface area is 158 Å². The Morgan fingerprint density at radius 3 is 2.85 bits per heavy atom. The molecule has 0 spiro atoms. The fourth-order valence-corrected chi connectivity index (χ4v) is 3.00. The quantitative estimate of drug-likeness (QED) is 0.398. The van der Waals surface area contributed by atoms with Crippen LogP contribution >= 0.6 is 12.2 Å². The van der Waals surface area contributed by atoms with Crippen LogP contribution in [0.4, 0.5) is 0 Å². The van der Waals surface area contributed by atoms with E-state index < -0.39 is 0 Å². The Morgan fingerprint density at radius 2 is 2.08 bits per heavy atom. The van der Waals surface area contributed by atoms with Crippen molar-refractivity contribution >= 4 is 34.4 Å². The molecule has 3 N–H and O–H groups in total. The minimum Gasteiger partial charge on any atom is -0.491 e. The zero-order chi connectivity index (χ0) is 18.5. The van der Waals surface area contributed by atoms with Gasteiger partial charge in [0, 0.05) is 22.7 Å². The third-order valence-electron chi connectivity index (χ3n) is 4.12. The van der Waals surface area contributed by atoms with Gasteiger partial charge in [-0.15, -0.1) is 0 Å². The molecule has 0 aliphatic carbocycles. The maximum absolute atomic E-state index is 5.97. The van der Waals surface area contributed by atoms with Gasteiger partial charge in [0.05, 0.1) is 12.8 Å². The number of thiocarbonyl (C=S) groups is 1. The monoisotopic (exact) mass is 366 g/mol. The lowest BCUT2D eigenvalue weighted by molar-refractivity contribution is 0.298. The molecular weight excluding hydrogens is 344 g/mol. The van der Waals surface area contributed by atoms with E-state index >= 15 is 0 Å². The van der Waals surface area contributed by atoms with Gasteiger partial charge in [-0.3, -0.25) is 5.43 Å². The predicted molar refractivity (Wildman–Crippen MR) is 111 cm³/mol. The van der Waals surface area contributed by atoms with Crippen LogP contribution in [0.3, 0.4) is 0 Å². The number of rotatable bonds is 6. The zero-order valence-electron chi connectivity index (χ0n) is 14.9. The van der Waals surface area contributed by atoms with Gasteiger partial charge in [0.1, 0.15) is 12.4 Å². The highest BCUT2D eigenvalue weighted by molar-refractivity contribution is 7.80. The van der Waals surface area contributed by atoms with Crippen LogP contribution in [0, 0.1) is 13.8 Å². The van der Waals surface area contributed by atoms with Crippen LogP contribution in [-0.4, -0.2) is 22.5 Å². The molecule has 0 aliphatic rings. The first-order valence-corrected chi connectivity index (χ1v) is 8.82. The maximum atomic E-state index is 5.97. The van der Waals surface area contributed by atoms with Crippen LogP contribution in [0.2, 0.25) is 0 Å². The summed E-state index contributed by atoms with van der Waals surface area (Å²) in [5, 5.41) is 5.33. The first-order valence-electron chi connectivity index (χ1n) is 8.41. The van der Waals surface area contributed by atoms with Gasteiger partial charge in [-0.05, 0) is 43.8 Å². The zero-order valence-corrected chi connectivity index (χ0v) is 15.7. The molecule has 134 valence electrons. The third-order valence-corrected chi connectivity index (χ3v) is 4.21. The van der Waals surface area contributed by atoms with E-state index in [1.54, 1.807) is 6.21 Å². The molecule has 0 radical (unpaired) electrons. The molecule has 3 rings (SSSR count). The summed E-state index contributed by atoms with van der Waals surface area (Å²) in [6.07, 6.45) is 3.78. The number of para-hydroxylation sites is 1. The van der Waals surface area contributed by atoms with Crippen LogP contribution < -0.4 is 15.9 Å². The summed E-state index contributed by atoms with van der Waals surface area (Å²) in [5.74, 6) is 0.925. The van der Waals surface area contributed by atoms with E-state index in [-0.39, 0.29) is 5.11 Å². The Kier molecular flexibility index (Phi) is 5.53. The molecule has 0 unspecified atom stereocenters. The average Bonchev–Trinajstić information content (AvgIpc) is 2.95. The van der Waals surface area contributed by atoms with E-state index in [9.17, 15) is 0 Å². The highest BCUT2D eigenvalue weighted by atomic mass is 32.1. The highest BCUT2D eigenvalue weighted by Crippen LogP contribution is 2.21. The van der Waals surface area contributed by atoms with Gasteiger partial charge in [0.25, 0.3) is 0 Å². The number of ether oxygens (including phenoxy) is 1. The second-order valence-corrected chi connectivity index (χ2v) is 6.59. The summed E-state index contributed by atoms with van der Waals surface area (Å²) in [6.45, 7) is 5.48. The van der Waals surface area contributed by atoms with Gasteiger partial charge in [-0.1, -0.05) is 35.9 Å². The van der Waals surface area contributed by atoms with Gasteiger partial charge < -0.3 is 15.0 Å². The first-order chi connectivity index (χ1) is 12.5. The molecule has 26 heavy (non-hydrogen) atoms. The summed E-state index contributed by atoms with van der Waals surface area (Å²) in [4.78, 5) is 0. The van der Waals surface area contributed by atoms with Crippen molar-refractivity contribution in [3.8, 4) is 5.75 Å². The van der Waals surface area contributed by atoms with Crippen molar-refractivity contribution in [3.63, 3.8) is 0 Å². The minimum atomic E-state index is 0.145. The molecule has 3 aromatic rings. The molecule has 0 saturated carbocycles. The van der Waals surface area contributed by atoms with Crippen LogP contribution in [0.25, 0.3) is 10.9 Å². The van der Waals surface area contributed by atoms with Crippen molar-refractivity contribution in [1.29, 1.82) is 0 Å². The minimum absolute atomic E-state index is 0.145. The van der Waals surface area contributed by atoms with E-state index in [1.165, 1.54) is 5.56 Å². The number of hydrazone groups is 1. The molecule has 0 amide bonds. The van der Waals surface area contributed by atoms with Gasteiger partial charge in [-0.25, -0.2) is 0 Å². The van der Waals surface area contributed by atoms with Gasteiger partial charge in [0.2, 0.25) is 0 Å². The fourth-order valence-electron chi connectivity index (χ4n) is 2.94. The van der Waals surface area contributed by atoms with Crippen molar-refractivity contribution in [3.05, 3.63) is 65.4 Å². The van der Waals surface area contributed by atoms with Gasteiger partial charge in [-0.2, -0.15) is 5.10 Å². The van der Waals surface area contributed by atoms with Crippen LogP contribution in [0.1, 0.15) is 16.7 Å². The second-order valence-electron chi connectivity index (χ2n) is 6.15. The number of aromatic nitrogens is 1. The molecule has 0 aliphatic heterocycles. The number of fused-ring (bicyclic) bond motifs is 1. The highest BCUT2D eigenvalue weighted by Gasteiger charge is 2.07. The molecule has 2 aromatic carbocycles. The van der Waals surface area contributed by atoms with E-state index in [4.69, 9.17) is 22.7 Å². The Balaban J connectivity index is 1.75. The summed E-state index contributed by atoms with van der Waals surface area (Å²) < 4.78 is 8.13. The molecule has 0 saturated heterocycles. The van der Waals surface area contributed by atoms with Gasteiger partial charge in [0.15, 0.2) is 5.11 Å². The molecule has 6 heteroatoms. The molecule has 5 nitrogen and oxygen atoms in total. The van der Waals surface area contributed by atoms with Crippen LogP contribution in [0.15, 0.2) is 53.8 Å². The molecule has 0 fully saturated rings. The molecule has 1 heterocycles. The molecule has 1 aromatic heterocycles. The SMILES string of the molecule is Cc1ccc(OCCn2cc(/C=N\NC(N)=S)c3ccccc32)c(C)c1. The summed E-state index contributed by atoms with van der Waals surface area (Å²) in [6, 6.07) is 14.4. The lowest BCUT2D eigenvalue weighted by Crippen LogP contribution is -2.23. The topological polar surface area (TPSA) is 64.6 Å². The third kappa shape index (κ3) is 4.21. The predicted octanol–water partition coefficient (Wildman–Crippen LogP) is 3.50. The van der Waals surface area contributed by atoms with Crippen molar-refractivity contribution in [2.75, 3.05) is 6.61 Å². The first kappa shape index (κ1) is 17.9. The van der Waals surface area contributed by atoms with Crippen molar-refractivity contribution in [2.24, 2.45) is 10.8 Å². The van der Waals surface area contributed by atoms with Crippen LogP contribution in [-0.2, 0) is 6.54 Å². The summed E-state index contributed by atoms with van der Waals surface area (Å²) in [5.41, 5.74) is 12.5. The maximum Gasteiger partial charge on any atom is 0.184 e. The van der Waals surface area contributed by atoms with Crippen LogP contribution in [0.5, 0.6) is 5.75 Å². The number of benzene rings is 2. The fraction of sp³-hybridized carbons (Fsp3) is 0.200. The number of aryl methyl sites for hydroxylation is 2. The van der Waals surface area contributed by atoms with E-state index in [2.05, 4.69) is 59.4 Å². The van der Waals surface area contributed by atoms with Crippen molar-refractivity contribution in [1.82, 2.24) is 9.99 Å². The lowest BCUT2D eigenvalue weighted by atomic mass is 10.1. The average molecular weight is 366 g/mol. The van der Waals surface area contributed by atoms with E-state index in [1.807, 2.05) is 18.2 Å². The number of hydrogen-bond acceptors (Lipinski definition) is 3. The van der Waals surface area contributed by atoms with E-state index in [0.717, 1.165) is 34.3 Å². The molecular formula is C20H22N4OS.